The lowest BCUT2D eigenvalue weighted by atomic mass is 10.1. The first-order chi connectivity index (χ1) is 9.41. The topological polar surface area (TPSA) is 52.6 Å². The minimum Gasteiger partial charge on any atom is -0.421 e. The van der Waals surface area contributed by atoms with Gasteiger partial charge in [0.05, 0.1) is 10.0 Å². The normalized spacial score (nSPS) is 10.4. The SMILES string of the molecule is CC(=O)Oc1c(OC(C)=O)c(Cl)c2ccccc2c1Cl. The van der Waals surface area contributed by atoms with Gasteiger partial charge in [-0.15, -0.1) is 0 Å². The summed E-state index contributed by atoms with van der Waals surface area (Å²) in [6.45, 7) is 2.44. The van der Waals surface area contributed by atoms with Gasteiger partial charge in [0.2, 0.25) is 0 Å². The van der Waals surface area contributed by atoms with Crippen molar-refractivity contribution in [3.8, 4) is 11.5 Å². The summed E-state index contributed by atoms with van der Waals surface area (Å²) in [5, 5.41) is 1.53. The van der Waals surface area contributed by atoms with Crippen LogP contribution in [0.25, 0.3) is 10.8 Å². The Hall–Kier alpha value is -1.78. The van der Waals surface area contributed by atoms with E-state index in [1.165, 1.54) is 13.8 Å². The van der Waals surface area contributed by atoms with Gasteiger partial charge in [0.15, 0.2) is 11.5 Å². The molecule has 0 saturated carbocycles. The summed E-state index contributed by atoms with van der Waals surface area (Å²) >= 11 is 12.4. The molecule has 2 aromatic rings. The monoisotopic (exact) mass is 312 g/mol. The second kappa shape index (κ2) is 5.69. The molecule has 0 radical (unpaired) electrons. The Labute approximate surface area is 125 Å². The van der Waals surface area contributed by atoms with Crippen LogP contribution in [-0.2, 0) is 9.59 Å². The molecule has 20 heavy (non-hydrogen) atoms. The third-order valence-electron chi connectivity index (χ3n) is 2.50. The van der Waals surface area contributed by atoms with Crippen molar-refractivity contribution in [2.75, 3.05) is 0 Å². The van der Waals surface area contributed by atoms with E-state index in [1.54, 1.807) is 24.3 Å². The number of hydrogen-bond acceptors (Lipinski definition) is 4. The Balaban J connectivity index is 2.80. The molecule has 0 unspecified atom stereocenters. The van der Waals surface area contributed by atoms with Crippen LogP contribution in [0.4, 0.5) is 0 Å². The van der Waals surface area contributed by atoms with Crippen LogP contribution in [0, 0.1) is 0 Å². The molecule has 0 atom stereocenters. The lowest BCUT2D eigenvalue weighted by molar-refractivity contribution is -0.134. The molecule has 0 aromatic heterocycles. The zero-order valence-electron chi connectivity index (χ0n) is 10.7. The fourth-order valence-electron chi connectivity index (χ4n) is 1.78. The zero-order chi connectivity index (χ0) is 14.9. The average molecular weight is 313 g/mol. The number of esters is 2. The van der Waals surface area contributed by atoms with Gasteiger partial charge in [-0.3, -0.25) is 9.59 Å². The highest BCUT2D eigenvalue weighted by Crippen LogP contribution is 2.47. The van der Waals surface area contributed by atoms with Gasteiger partial charge in [-0.25, -0.2) is 0 Å². The molecule has 0 aliphatic rings. The second-order valence-electron chi connectivity index (χ2n) is 4.02. The summed E-state index contributed by atoms with van der Waals surface area (Å²) in [6, 6.07) is 7.00. The van der Waals surface area contributed by atoms with E-state index in [2.05, 4.69) is 0 Å². The van der Waals surface area contributed by atoms with Crippen molar-refractivity contribution in [3.63, 3.8) is 0 Å². The number of carbonyl (C=O) groups excluding carboxylic acids is 2. The van der Waals surface area contributed by atoms with E-state index >= 15 is 0 Å². The molecule has 104 valence electrons. The van der Waals surface area contributed by atoms with Gasteiger partial charge >= 0.3 is 11.9 Å². The Morgan fingerprint density at radius 3 is 1.50 bits per heavy atom. The van der Waals surface area contributed by atoms with E-state index in [1.807, 2.05) is 0 Å². The van der Waals surface area contributed by atoms with E-state index in [-0.39, 0.29) is 21.5 Å². The van der Waals surface area contributed by atoms with Crippen LogP contribution >= 0.6 is 23.2 Å². The van der Waals surface area contributed by atoms with Gasteiger partial charge in [-0.2, -0.15) is 0 Å². The minimum absolute atomic E-state index is 0.0573. The van der Waals surface area contributed by atoms with Crippen LogP contribution in [0.1, 0.15) is 13.8 Å². The molecule has 0 aliphatic carbocycles. The summed E-state index contributed by atoms with van der Waals surface area (Å²) in [4.78, 5) is 22.4. The van der Waals surface area contributed by atoms with Crippen molar-refractivity contribution < 1.29 is 19.1 Å². The van der Waals surface area contributed by atoms with Gasteiger partial charge in [-0.1, -0.05) is 47.5 Å². The highest BCUT2D eigenvalue weighted by atomic mass is 35.5. The summed E-state index contributed by atoms with van der Waals surface area (Å²) in [7, 11) is 0. The van der Waals surface area contributed by atoms with Crippen molar-refractivity contribution in [2.45, 2.75) is 13.8 Å². The van der Waals surface area contributed by atoms with Crippen LogP contribution in [0.5, 0.6) is 11.5 Å². The summed E-state index contributed by atoms with van der Waals surface area (Å²) in [6.07, 6.45) is 0. The standard InChI is InChI=1S/C14H10Cl2O4/c1-7(17)19-13-11(15)9-5-3-4-6-10(9)12(16)14(13)20-8(2)18/h3-6H,1-2H3. The number of benzene rings is 2. The third-order valence-corrected chi connectivity index (χ3v) is 3.25. The molecule has 4 nitrogen and oxygen atoms in total. The number of rotatable bonds is 2. The highest BCUT2D eigenvalue weighted by Gasteiger charge is 2.22. The van der Waals surface area contributed by atoms with E-state index < -0.39 is 11.9 Å². The van der Waals surface area contributed by atoms with Crippen LogP contribution in [0.3, 0.4) is 0 Å². The van der Waals surface area contributed by atoms with E-state index in [0.717, 1.165) is 0 Å². The quantitative estimate of drug-likeness (QED) is 0.621. The summed E-state index contributed by atoms with van der Waals surface area (Å²) in [5.74, 6) is -1.30. The summed E-state index contributed by atoms with van der Waals surface area (Å²) < 4.78 is 10.1. The lowest BCUT2D eigenvalue weighted by Gasteiger charge is -2.14. The molecule has 0 fully saturated rings. The number of halogens is 2. The van der Waals surface area contributed by atoms with Crippen LogP contribution in [-0.4, -0.2) is 11.9 Å². The van der Waals surface area contributed by atoms with Crippen LogP contribution < -0.4 is 9.47 Å². The van der Waals surface area contributed by atoms with E-state index in [0.29, 0.717) is 10.8 Å². The predicted molar refractivity (Wildman–Crippen MR) is 76.6 cm³/mol. The molecule has 2 aromatic carbocycles. The molecule has 0 heterocycles. The maximum absolute atomic E-state index is 11.2. The second-order valence-corrected chi connectivity index (χ2v) is 4.78. The smallest absolute Gasteiger partial charge is 0.308 e. The first kappa shape index (κ1) is 14.6. The Bertz CT molecular complexity index is 649. The van der Waals surface area contributed by atoms with Crippen LogP contribution in [0.2, 0.25) is 10.0 Å². The molecule has 0 N–H and O–H groups in total. The van der Waals surface area contributed by atoms with Crippen LogP contribution in [0.15, 0.2) is 24.3 Å². The first-order valence-corrected chi connectivity index (χ1v) is 6.44. The molecule has 0 saturated heterocycles. The molecule has 6 heteroatoms. The van der Waals surface area contributed by atoms with Crippen molar-refractivity contribution in [2.24, 2.45) is 0 Å². The van der Waals surface area contributed by atoms with E-state index in [4.69, 9.17) is 32.7 Å². The molecular weight excluding hydrogens is 303 g/mol. The fraction of sp³-hybridized carbons (Fsp3) is 0.143. The number of carbonyl (C=O) groups is 2. The first-order valence-electron chi connectivity index (χ1n) is 5.68. The number of hydrogen-bond donors (Lipinski definition) is 0. The highest BCUT2D eigenvalue weighted by molar-refractivity contribution is 6.43. The Morgan fingerprint density at radius 2 is 1.20 bits per heavy atom. The molecule has 0 amide bonds. The maximum Gasteiger partial charge on any atom is 0.308 e. The van der Waals surface area contributed by atoms with Gasteiger partial charge in [0, 0.05) is 24.6 Å². The lowest BCUT2D eigenvalue weighted by Crippen LogP contribution is -2.08. The number of fused-ring (bicyclic) bond motifs is 1. The molecule has 2 rings (SSSR count). The third kappa shape index (κ3) is 2.71. The van der Waals surface area contributed by atoms with Gasteiger partial charge in [-0.05, 0) is 0 Å². The summed E-state index contributed by atoms with van der Waals surface area (Å²) in [5.41, 5.74) is 0. The van der Waals surface area contributed by atoms with Crippen molar-refractivity contribution >= 4 is 45.9 Å². The fourth-order valence-corrected chi connectivity index (χ4v) is 2.36. The predicted octanol–water partition coefficient (Wildman–Crippen LogP) is 4.00. The minimum atomic E-state index is -0.591. The molecule has 0 bridgehead atoms. The van der Waals surface area contributed by atoms with Gasteiger partial charge < -0.3 is 9.47 Å². The number of ether oxygens (including phenoxy) is 2. The van der Waals surface area contributed by atoms with Crippen molar-refractivity contribution in [3.05, 3.63) is 34.3 Å². The largest absolute Gasteiger partial charge is 0.421 e. The Kier molecular flexibility index (Phi) is 4.16. The maximum atomic E-state index is 11.2. The molecular formula is C14H10Cl2O4. The average Bonchev–Trinajstić information content (AvgIpc) is 2.39. The zero-order valence-corrected chi connectivity index (χ0v) is 12.2. The van der Waals surface area contributed by atoms with Gasteiger partial charge in [0.25, 0.3) is 0 Å². The Morgan fingerprint density at radius 1 is 0.850 bits per heavy atom. The molecule has 0 spiro atoms. The van der Waals surface area contributed by atoms with Gasteiger partial charge in [0.1, 0.15) is 0 Å². The molecule has 0 aliphatic heterocycles. The van der Waals surface area contributed by atoms with E-state index in [9.17, 15) is 9.59 Å². The van der Waals surface area contributed by atoms with Crippen molar-refractivity contribution in [1.29, 1.82) is 0 Å². The van der Waals surface area contributed by atoms with Crippen molar-refractivity contribution in [1.82, 2.24) is 0 Å².